The van der Waals surface area contributed by atoms with Gasteiger partial charge in [-0.15, -0.1) is 0 Å². The maximum Gasteiger partial charge on any atom is 0.310 e. The summed E-state index contributed by atoms with van der Waals surface area (Å²) < 4.78 is 1.99. The summed E-state index contributed by atoms with van der Waals surface area (Å²) in [5, 5.41) is 17.4. The van der Waals surface area contributed by atoms with Crippen LogP contribution in [0, 0.1) is 5.41 Å². The summed E-state index contributed by atoms with van der Waals surface area (Å²) in [6.07, 6.45) is 5.98. The maximum atomic E-state index is 11.7. The first kappa shape index (κ1) is 15.0. The highest BCUT2D eigenvalue weighted by Crippen LogP contribution is 2.33. The smallest absolute Gasteiger partial charge is 0.310 e. The topological polar surface area (TPSA) is 67.2 Å². The van der Waals surface area contributed by atoms with Crippen molar-refractivity contribution in [2.45, 2.75) is 52.0 Å². The fraction of sp³-hybridized carbons (Fsp3) is 0.733. The van der Waals surface area contributed by atoms with Crippen LogP contribution in [-0.4, -0.2) is 33.9 Å². The molecule has 1 aromatic heterocycles. The first-order valence-corrected chi connectivity index (χ1v) is 7.59. The number of nitrogens with zero attached hydrogens (tertiary/aromatic N) is 2. The van der Waals surface area contributed by atoms with Gasteiger partial charge in [0.2, 0.25) is 0 Å². The normalized spacial score (nSPS) is 18.4. The molecular formula is C15H25N3O2. The number of carboxylic acids is 1. The first-order chi connectivity index (χ1) is 9.61. The van der Waals surface area contributed by atoms with Crippen LogP contribution in [0.2, 0.25) is 0 Å². The van der Waals surface area contributed by atoms with Gasteiger partial charge in [-0.1, -0.05) is 13.8 Å². The molecule has 20 heavy (non-hydrogen) atoms. The Labute approximate surface area is 120 Å². The van der Waals surface area contributed by atoms with E-state index in [-0.39, 0.29) is 0 Å². The van der Waals surface area contributed by atoms with Crippen molar-refractivity contribution in [1.29, 1.82) is 0 Å². The molecule has 5 heteroatoms. The van der Waals surface area contributed by atoms with Crippen molar-refractivity contribution in [1.82, 2.24) is 15.1 Å². The third-order valence-corrected chi connectivity index (χ3v) is 4.51. The fourth-order valence-electron chi connectivity index (χ4n) is 3.06. The molecule has 2 heterocycles. The number of carbonyl (C=O) groups is 1. The molecule has 5 nitrogen and oxygen atoms in total. The standard InChI is InChI=1S/C15H25N3O2/c1-3-13(4-2)18-10-5-12(17-18)11-15(14(19)20)6-8-16-9-7-15/h5,10,13,16H,3-4,6-9,11H2,1-2H3,(H,19,20). The number of aliphatic carboxylic acids is 1. The minimum Gasteiger partial charge on any atom is -0.481 e. The molecule has 1 fully saturated rings. The lowest BCUT2D eigenvalue weighted by molar-refractivity contribution is -0.150. The molecule has 0 unspecified atom stereocenters. The van der Waals surface area contributed by atoms with Crippen LogP contribution in [0.15, 0.2) is 12.3 Å². The Morgan fingerprint density at radius 1 is 1.45 bits per heavy atom. The van der Waals surface area contributed by atoms with E-state index in [2.05, 4.69) is 24.3 Å². The number of piperidine rings is 1. The Balaban J connectivity index is 2.13. The minimum atomic E-state index is -0.684. The quantitative estimate of drug-likeness (QED) is 0.838. The summed E-state index contributed by atoms with van der Waals surface area (Å²) in [7, 11) is 0. The summed E-state index contributed by atoms with van der Waals surface area (Å²) >= 11 is 0. The SMILES string of the molecule is CCC(CC)n1ccc(CC2(C(=O)O)CCNCC2)n1. The van der Waals surface area contributed by atoms with Crippen LogP contribution in [-0.2, 0) is 11.2 Å². The van der Waals surface area contributed by atoms with E-state index in [0.29, 0.717) is 25.3 Å². The molecule has 2 N–H and O–H groups in total. The van der Waals surface area contributed by atoms with E-state index >= 15 is 0 Å². The summed E-state index contributed by atoms with van der Waals surface area (Å²) in [4.78, 5) is 11.7. The zero-order chi connectivity index (χ0) is 14.6. The summed E-state index contributed by atoms with van der Waals surface area (Å²) in [6, 6.07) is 2.39. The van der Waals surface area contributed by atoms with Crippen molar-refractivity contribution in [3.63, 3.8) is 0 Å². The maximum absolute atomic E-state index is 11.7. The monoisotopic (exact) mass is 279 g/mol. The molecule has 0 aromatic carbocycles. The van der Waals surface area contributed by atoms with Crippen LogP contribution in [0.4, 0.5) is 0 Å². The molecule has 0 radical (unpaired) electrons. The van der Waals surface area contributed by atoms with Crippen LogP contribution in [0.1, 0.15) is 51.3 Å². The number of nitrogens with one attached hydrogen (secondary N) is 1. The van der Waals surface area contributed by atoms with E-state index in [1.165, 1.54) is 0 Å². The predicted molar refractivity (Wildman–Crippen MR) is 77.7 cm³/mol. The molecule has 0 saturated carbocycles. The van der Waals surface area contributed by atoms with Gasteiger partial charge in [-0.2, -0.15) is 5.10 Å². The lowest BCUT2D eigenvalue weighted by Gasteiger charge is -2.33. The van der Waals surface area contributed by atoms with Crippen LogP contribution in [0.5, 0.6) is 0 Å². The molecule has 0 spiro atoms. The number of aromatic nitrogens is 2. The zero-order valence-corrected chi connectivity index (χ0v) is 12.4. The third-order valence-electron chi connectivity index (χ3n) is 4.51. The van der Waals surface area contributed by atoms with Crippen LogP contribution in [0.25, 0.3) is 0 Å². The van der Waals surface area contributed by atoms with Gasteiger partial charge in [0.15, 0.2) is 0 Å². The van der Waals surface area contributed by atoms with E-state index in [1.807, 2.05) is 16.9 Å². The second-order valence-electron chi connectivity index (χ2n) is 5.77. The largest absolute Gasteiger partial charge is 0.481 e. The van der Waals surface area contributed by atoms with Crippen LogP contribution in [0.3, 0.4) is 0 Å². The van der Waals surface area contributed by atoms with Gasteiger partial charge < -0.3 is 10.4 Å². The molecule has 1 saturated heterocycles. The Morgan fingerprint density at radius 3 is 2.65 bits per heavy atom. The fourth-order valence-corrected chi connectivity index (χ4v) is 3.06. The lowest BCUT2D eigenvalue weighted by Crippen LogP contribution is -2.43. The Morgan fingerprint density at radius 2 is 2.10 bits per heavy atom. The van der Waals surface area contributed by atoms with Gasteiger partial charge in [-0.3, -0.25) is 9.48 Å². The molecule has 2 rings (SSSR count). The highest BCUT2D eigenvalue weighted by molar-refractivity contribution is 5.75. The average Bonchev–Trinajstić information content (AvgIpc) is 2.89. The van der Waals surface area contributed by atoms with Crippen LogP contribution >= 0.6 is 0 Å². The molecule has 1 aromatic rings. The van der Waals surface area contributed by atoms with Gasteiger partial charge >= 0.3 is 5.97 Å². The number of rotatable bonds is 6. The van der Waals surface area contributed by atoms with Gasteiger partial charge in [0, 0.05) is 12.6 Å². The lowest BCUT2D eigenvalue weighted by atomic mass is 9.75. The molecule has 0 bridgehead atoms. The molecular weight excluding hydrogens is 254 g/mol. The highest BCUT2D eigenvalue weighted by atomic mass is 16.4. The van der Waals surface area contributed by atoms with Crippen molar-refractivity contribution >= 4 is 5.97 Å². The van der Waals surface area contributed by atoms with Gasteiger partial charge in [0.25, 0.3) is 0 Å². The van der Waals surface area contributed by atoms with E-state index in [0.717, 1.165) is 31.6 Å². The Bertz CT molecular complexity index is 446. The summed E-state index contributed by atoms with van der Waals surface area (Å²) in [6.45, 7) is 5.86. The average molecular weight is 279 g/mol. The summed E-state index contributed by atoms with van der Waals surface area (Å²) in [5.74, 6) is -0.684. The molecule has 1 aliphatic rings. The van der Waals surface area contributed by atoms with Crippen molar-refractivity contribution in [3.05, 3.63) is 18.0 Å². The number of carboxylic acid groups (broad SMARTS) is 1. The second kappa shape index (κ2) is 6.39. The van der Waals surface area contributed by atoms with E-state index < -0.39 is 11.4 Å². The van der Waals surface area contributed by atoms with Gasteiger partial charge in [-0.25, -0.2) is 0 Å². The number of hydrogen-bond donors (Lipinski definition) is 2. The molecule has 0 atom stereocenters. The van der Waals surface area contributed by atoms with Crippen molar-refractivity contribution < 1.29 is 9.90 Å². The molecule has 0 aliphatic carbocycles. The van der Waals surface area contributed by atoms with E-state index in [9.17, 15) is 9.90 Å². The van der Waals surface area contributed by atoms with Crippen molar-refractivity contribution in [2.75, 3.05) is 13.1 Å². The van der Waals surface area contributed by atoms with E-state index in [4.69, 9.17) is 0 Å². The minimum absolute atomic E-state index is 0.414. The van der Waals surface area contributed by atoms with Gasteiger partial charge in [0.1, 0.15) is 0 Å². The Hall–Kier alpha value is -1.36. The first-order valence-electron chi connectivity index (χ1n) is 7.59. The second-order valence-corrected chi connectivity index (χ2v) is 5.77. The molecule has 1 aliphatic heterocycles. The number of hydrogen-bond acceptors (Lipinski definition) is 3. The van der Waals surface area contributed by atoms with Crippen molar-refractivity contribution in [3.8, 4) is 0 Å². The highest BCUT2D eigenvalue weighted by Gasteiger charge is 2.40. The van der Waals surface area contributed by atoms with Crippen molar-refractivity contribution in [2.24, 2.45) is 5.41 Å². The summed E-state index contributed by atoms with van der Waals surface area (Å²) in [5.41, 5.74) is 0.263. The molecule has 0 amide bonds. The predicted octanol–water partition coefficient (Wildman–Crippen LogP) is 2.24. The Kier molecular flexibility index (Phi) is 4.81. The van der Waals surface area contributed by atoms with Gasteiger partial charge in [-0.05, 0) is 44.8 Å². The van der Waals surface area contributed by atoms with E-state index in [1.54, 1.807) is 0 Å². The van der Waals surface area contributed by atoms with Crippen LogP contribution < -0.4 is 5.32 Å². The molecule has 112 valence electrons. The third kappa shape index (κ3) is 3.03. The van der Waals surface area contributed by atoms with Gasteiger partial charge in [0.05, 0.1) is 17.2 Å². The zero-order valence-electron chi connectivity index (χ0n) is 12.4.